The van der Waals surface area contributed by atoms with Crippen molar-refractivity contribution in [2.75, 3.05) is 12.8 Å². The van der Waals surface area contributed by atoms with Crippen LogP contribution in [0.1, 0.15) is 49.9 Å². The molecule has 110 valence electrons. The van der Waals surface area contributed by atoms with Gasteiger partial charge in [-0.15, -0.1) is 0 Å². The number of nitrogens with two attached hydrogens (primary N) is 1. The molecule has 0 spiro atoms. The highest BCUT2D eigenvalue weighted by Gasteiger charge is 2.28. The third kappa shape index (κ3) is 3.44. The number of rotatable bonds is 3. The number of anilines is 1. The van der Waals surface area contributed by atoms with Crippen molar-refractivity contribution in [3.63, 3.8) is 0 Å². The van der Waals surface area contributed by atoms with Crippen molar-refractivity contribution in [2.24, 2.45) is 5.41 Å². The first-order valence-corrected chi connectivity index (χ1v) is 7.06. The highest BCUT2D eigenvalue weighted by atomic mass is 16.5. The quantitative estimate of drug-likeness (QED) is 0.679. The molecule has 2 N–H and O–H groups in total. The lowest BCUT2D eigenvalue weighted by molar-refractivity contribution is 0.0599. The van der Waals surface area contributed by atoms with E-state index in [4.69, 9.17) is 15.2 Å². The van der Waals surface area contributed by atoms with Gasteiger partial charge in [-0.05, 0) is 49.3 Å². The Balaban J connectivity index is 2.07. The van der Waals surface area contributed by atoms with Crippen molar-refractivity contribution in [2.45, 2.75) is 45.6 Å². The Morgan fingerprint density at radius 3 is 2.55 bits per heavy atom. The molecular formula is C16H23NO3. The standard InChI is InChI=1S/C16H23NO3/c1-16(2)8-6-12(7-9-16)20-14-10-11(15(18)19-3)4-5-13(14)17/h4-5,10,12H,6-9,17H2,1-3H3. The fourth-order valence-corrected chi connectivity index (χ4v) is 2.55. The molecule has 0 heterocycles. The zero-order valence-electron chi connectivity index (χ0n) is 12.4. The van der Waals surface area contributed by atoms with E-state index in [2.05, 4.69) is 13.8 Å². The minimum atomic E-state index is -0.375. The van der Waals surface area contributed by atoms with Crippen LogP contribution in [0.3, 0.4) is 0 Å². The minimum Gasteiger partial charge on any atom is -0.488 e. The number of ether oxygens (including phenoxy) is 2. The number of benzene rings is 1. The smallest absolute Gasteiger partial charge is 0.337 e. The molecule has 4 nitrogen and oxygen atoms in total. The second-order valence-corrected chi connectivity index (χ2v) is 6.23. The van der Waals surface area contributed by atoms with Gasteiger partial charge in [0.1, 0.15) is 5.75 Å². The first kappa shape index (κ1) is 14.7. The predicted octanol–water partition coefficient (Wildman–Crippen LogP) is 3.40. The van der Waals surface area contributed by atoms with Crippen LogP contribution in [0.25, 0.3) is 0 Å². The van der Waals surface area contributed by atoms with Gasteiger partial charge in [0.2, 0.25) is 0 Å². The molecule has 4 heteroatoms. The molecule has 0 bridgehead atoms. The van der Waals surface area contributed by atoms with E-state index in [1.807, 2.05) is 0 Å². The van der Waals surface area contributed by atoms with Gasteiger partial charge in [-0.2, -0.15) is 0 Å². The average Bonchev–Trinajstić information content (AvgIpc) is 2.42. The summed E-state index contributed by atoms with van der Waals surface area (Å²) in [5, 5.41) is 0. The van der Waals surface area contributed by atoms with Gasteiger partial charge >= 0.3 is 5.97 Å². The third-order valence-electron chi connectivity index (χ3n) is 4.01. The first-order valence-electron chi connectivity index (χ1n) is 7.06. The summed E-state index contributed by atoms with van der Waals surface area (Å²) in [6, 6.07) is 5.01. The van der Waals surface area contributed by atoms with Crippen molar-refractivity contribution in [1.82, 2.24) is 0 Å². The summed E-state index contributed by atoms with van der Waals surface area (Å²) in [5.41, 5.74) is 7.35. The molecule has 1 saturated carbocycles. The molecule has 0 aliphatic heterocycles. The second-order valence-electron chi connectivity index (χ2n) is 6.23. The van der Waals surface area contributed by atoms with Crippen LogP contribution < -0.4 is 10.5 Å². The topological polar surface area (TPSA) is 61.5 Å². The molecule has 1 aromatic carbocycles. The first-order chi connectivity index (χ1) is 9.41. The van der Waals surface area contributed by atoms with Crippen molar-refractivity contribution in [1.29, 1.82) is 0 Å². The van der Waals surface area contributed by atoms with Gasteiger partial charge in [-0.3, -0.25) is 0 Å². The van der Waals surface area contributed by atoms with E-state index >= 15 is 0 Å². The molecule has 0 aromatic heterocycles. The molecule has 1 aliphatic rings. The van der Waals surface area contributed by atoms with E-state index in [1.165, 1.54) is 7.11 Å². The molecule has 1 aliphatic carbocycles. The number of carbonyl (C=O) groups excluding carboxylic acids is 1. The summed E-state index contributed by atoms with van der Waals surface area (Å²) in [5.74, 6) is 0.206. The molecular weight excluding hydrogens is 254 g/mol. The van der Waals surface area contributed by atoms with Gasteiger partial charge in [-0.1, -0.05) is 13.8 Å². The molecule has 1 aromatic rings. The monoisotopic (exact) mass is 277 g/mol. The molecule has 20 heavy (non-hydrogen) atoms. The zero-order chi connectivity index (χ0) is 14.8. The van der Waals surface area contributed by atoms with Crippen LogP contribution in [-0.2, 0) is 4.74 Å². The van der Waals surface area contributed by atoms with Crippen LogP contribution in [0.4, 0.5) is 5.69 Å². The summed E-state index contributed by atoms with van der Waals surface area (Å²) in [4.78, 5) is 11.5. The van der Waals surface area contributed by atoms with Gasteiger partial charge < -0.3 is 15.2 Å². The third-order valence-corrected chi connectivity index (χ3v) is 4.01. The average molecular weight is 277 g/mol. The lowest BCUT2D eigenvalue weighted by Gasteiger charge is -2.34. The van der Waals surface area contributed by atoms with E-state index < -0.39 is 0 Å². The molecule has 0 radical (unpaired) electrons. The number of carbonyl (C=O) groups is 1. The normalized spacial score (nSPS) is 18.6. The van der Waals surface area contributed by atoms with Crippen LogP contribution in [0.2, 0.25) is 0 Å². The Labute approximate surface area is 120 Å². The van der Waals surface area contributed by atoms with E-state index in [-0.39, 0.29) is 12.1 Å². The highest BCUT2D eigenvalue weighted by molar-refractivity contribution is 5.90. The molecule has 0 atom stereocenters. The van der Waals surface area contributed by atoms with E-state index in [1.54, 1.807) is 18.2 Å². The lowest BCUT2D eigenvalue weighted by Crippen LogP contribution is -2.28. The van der Waals surface area contributed by atoms with Gasteiger partial charge in [0.05, 0.1) is 24.5 Å². The van der Waals surface area contributed by atoms with Gasteiger partial charge in [0.15, 0.2) is 0 Å². The minimum absolute atomic E-state index is 0.179. The van der Waals surface area contributed by atoms with Crippen LogP contribution >= 0.6 is 0 Å². The van der Waals surface area contributed by atoms with Gasteiger partial charge in [0, 0.05) is 0 Å². The van der Waals surface area contributed by atoms with Crippen molar-refractivity contribution < 1.29 is 14.3 Å². The fourth-order valence-electron chi connectivity index (χ4n) is 2.55. The van der Waals surface area contributed by atoms with Crippen LogP contribution in [0.5, 0.6) is 5.75 Å². The van der Waals surface area contributed by atoms with Gasteiger partial charge in [-0.25, -0.2) is 4.79 Å². The summed E-state index contributed by atoms with van der Waals surface area (Å²) in [7, 11) is 1.36. The van der Waals surface area contributed by atoms with Gasteiger partial charge in [0.25, 0.3) is 0 Å². The number of hydrogen-bond donors (Lipinski definition) is 1. The maximum atomic E-state index is 11.5. The number of nitrogen functional groups attached to an aromatic ring is 1. The zero-order valence-corrected chi connectivity index (χ0v) is 12.4. The van der Waals surface area contributed by atoms with Crippen LogP contribution in [-0.4, -0.2) is 19.2 Å². The molecule has 2 rings (SSSR count). The van der Waals surface area contributed by atoms with Crippen LogP contribution in [0.15, 0.2) is 18.2 Å². The van der Waals surface area contributed by atoms with Crippen molar-refractivity contribution in [3.05, 3.63) is 23.8 Å². The Morgan fingerprint density at radius 1 is 1.30 bits per heavy atom. The molecule has 1 fully saturated rings. The summed E-state index contributed by atoms with van der Waals surface area (Å²) < 4.78 is 10.7. The van der Waals surface area contributed by atoms with E-state index in [9.17, 15) is 4.79 Å². The maximum Gasteiger partial charge on any atom is 0.337 e. The Morgan fingerprint density at radius 2 is 1.95 bits per heavy atom. The van der Waals surface area contributed by atoms with Crippen molar-refractivity contribution in [3.8, 4) is 5.75 Å². The Bertz CT molecular complexity index is 486. The Hall–Kier alpha value is -1.71. The maximum absolute atomic E-state index is 11.5. The highest BCUT2D eigenvalue weighted by Crippen LogP contribution is 2.37. The second kappa shape index (κ2) is 5.73. The lowest BCUT2D eigenvalue weighted by atomic mass is 9.76. The summed E-state index contributed by atoms with van der Waals surface area (Å²) in [6.07, 6.45) is 4.52. The largest absolute Gasteiger partial charge is 0.488 e. The van der Waals surface area contributed by atoms with Crippen molar-refractivity contribution >= 4 is 11.7 Å². The summed E-state index contributed by atoms with van der Waals surface area (Å²) in [6.45, 7) is 4.57. The molecule has 0 unspecified atom stereocenters. The van der Waals surface area contributed by atoms with E-state index in [0.717, 1.165) is 25.7 Å². The molecule has 0 amide bonds. The SMILES string of the molecule is COC(=O)c1ccc(N)c(OC2CCC(C)(C)CC2)c1. The van der Waals surface area contributed by atoms with Crippen LogP contribution in [0, 0.1) is 5.41 Å². The molecule has 0 saturated heterocycles. The predicted molar refractivity (Wildman–Crippen MR) is 78.9 cm³/mol. The number of methoxy groups -OCH3 is 1. The summed E-state index contributed by atoms with van der Waals surface area (Å²) >= 11 is 0. The fraction of sp³-hybridized carbons (Fsp3) is 0.562. The number of hydrogen-bond acceptors (Lipinski definition) is 4. The Kier molecular flexibility index (Phi) is 4.21. The van der Waals surface area contributed by atoms with E-state index in [0.29, 0.717) is 22.4 Å². The number of esters is 1.